The SMILES string of the molecule is CCCNC(C)c1cc(F)ccc1N(C)C1CCC1. The maximum atomic E-state index is 13.5. The van der Waals surface area contributed by atoms with E-state index in [2.05, 4.69) is 31.1 Å². The van der Waals surface area contributed by atoms with Gasteiger partial charge >= 0.3 is 0 Å². The molecule has 0 aromatic heterocycles. The molecule has 1 unspecified atom stereocenters. The van der Waals surface area contributed by atoms with Crippen LogP contribution in [0.1, 0.15) is 51.1 Å². The molecule has 0 saturated heterocycles. The van der Waals surface area contributed by atoms with E-state index in [1.807, 2.05) is 6.07 Å². The topological polar surface area (TPSA) is 15.3 Å². The lowest BCUT2D eigenvalue weighted by Crippen LogP contribution is -2.38. The molecule has 0 bridgehead atoms. The molecular formula is C16H25FN2. The second-order valence-corrected chi connectivity index (χ2v) is 5.57. The Labute approximate surface area is 116 Å². The zero-order valence-electron chi connectivity index (χ0n) is 12.2. The molecule has 1 aromatic carbocycles. The van der Waals surface area contributed by atoms with Crippen LogP contribution in [0.15, 0.2) is 18.2 Å². The molecule has 1 fully saturated rings. The molecule has 1 aliphatic carbocycles. The van der Waals surface area contributed by atoms with Crippen LogP contribution in [0.4, 0.5) is 10.1 Å². The molecule has 0 heterocycles. The minimum Gasteiger partial charge on any atom is -0.371 e. The van der Waals surface area contributed by atoms with Gasteiger partial charge in [-0.2, -0.15) is 0 Å². The Hall–Kier alpha value is -1.09. The Kier molecular flexibility index (Phi) is 4.81. The van der Waals surface area contributed by atoms with E-state index in [-0.39, 0.29) is 11.9 Å². The molecule has 0 radical (unpaired) electrons. The van der Waals surface area contributed by atoms with Crippen molar-refractivity contribution in [3.05, 3.63) is 29.6 Å². The van der Waals surface area contributed by atoms with Crippen LogP contribution < -0.4 is 10.2 Å². The van der Waals surface area contributed by atoms with Crippen molar-refractivity contribution in [2.75, 3.05) is 18.5 Å². The fraction of sp³-hybridized carbons (Fsp3) is 0.625. The molecule has 106 valence electrons. The summed E-state index contributed by atoms with van der Waals surface area (Å²) in [5, 5.41) is 3.45. The third-order valence-corrected chi connectivity index (χ3v) is 4.16. The molecule has 0 aliphatic heterocycles. The smallest absolute Gasteiger partial charge is 0.123 e. The second-order valence-electron chi connectivity index (χ2n) is 5.57. The highest BCUT2D eigenvalue weighted by Gasteiger charge is 2.24. The molecule has 0 amide bonds. The molecule has 2 rings (SSSR count). The lowest BCUT2D eigenvalue weighted by Gasteiger charge is -2.38. The van der Waals surface area contributed by atoms with Gasteiger partial charge < -0.3 is 10.2 Å². The van der Waals surface area contributed by atoms with Gasteiger partial charge in [0.15, 0.2) is 0 Å². The number of halogens is 1. The Morgan fingerprint density at radius 3 is 2.74 bits per heavy atom. The molecule has 1 N–H and O–H groups in total. The lowest BCUT2D eigenvalue weighted by molar-refractivity contribution is 0.399. The molecule has 3 heteroatoms. The van der Waals surface area contributed by atoms with Crippen molar-refractivity contribution >= 4 is 5.69 Å². The first-order chi connectivity index (χ1) is 9.13. The van der Waals surface area contributed by atoms with Crippen LogP contribution in [-0.2, 0) is 0 Å². The van der Waals surface area contributed by atoms with Crippen LogP contribution in [0, 0.1) is 5.82 Å². The van der Waals surface area contributed by atoms with Crippen molar-refractivity contribution in [1.29, 1.82) is 0 Å². The number of hydrogen-bond donors (Lipinski definition) is 1. The number of anilines is 1. The van der Waals surface area contributed by atoms with E-state index in [9.17, 15) is 4.39 Å². The summed E-state index contributed by atoms with van der Waals surface area (Å²) in [6.07, 6.45) is 4.91. The van der Waals surface area contributed by atoms with Gasteiger partial charge in [-0.1, -0.05) is 6.92 Å². The summed E-state index contributed by atoms with van der Waals surface area (Å²) in [6, 6.07) is 5.99. The highest BCUT2D eigenvalue weighted by molar-refractivity contribution is 5.55. The molecule has 1 saturated carbocycles. The standard InChI is InChI=1S/C16H25FN2/c1-4-10-18-12(2)15-11-13(17)8-9-16(15)19(3)14-6-5-7-14/h8-9,11-12,14,18H,4-7,10H2,1-3H3. The van der Waals surface area contributed by atoms with Crippen LogP contribution in [-0.4, -0.2) is 19.6 Å². The van der Waals surface area contributed by atoms with E-state index in [1.54, 1.807) is 12.1 Å². The summed E-state index contributed by atoms with van der Waals surface area (Å²) in [5.41, 5.74) is 2.24. The minimum atomic E-state index is -0.147. The first-order valence-corrected chi connectivity index (χ1v) is 7.39. The molecule has 1 aromatic rings. The van der Waals surface area contributed by atoms with E-state index in [1.165, 1.54) is 24.9 Å². The number of hydrogen-bond acceptors (Lipinski definition) is 2. The Morgan fingerprint density at radius 2 is 2.16 bits per heavy atom. The van der Waals surface area contributed by atoms with Gasteiger partial charge in [0, 0.05) is 24.8 Å². The third-order valence-electron chi connectivity index (χ3n) is 4.16. The number of rotatable bonds is 6. The summed E-state index contributed by atoms with van der Waals surface area (Å²) in [6.45, 7) is 5.22. The van der Waals surface area contributed by atoms with Gasteiger partial charge in [0.2, 0.25) is 0 Å². The largest absolute Gasteiger partial charge is 0.371 e. The molecule has 0 spiro atoms. The summed E-state index contributed by atoms with van der Waals surface area (Å²) < 4.78 is 13.5. The van der Waals surface area contributed by atoms with Crippen molar-refractivity contribution in [2.24, 2.45) is 0 Å². The molecule has 1 atom stereocenters. The van der Waals surface area contributed by atoms with E-state index in [0.29, 0.717) is 6.04 Å². The van der Waals surface area contributed by atoms with E-state index < -0.39 is 0 Å². The number of nitrogens with zero attached hydrogens (tertiary/aromatic N) is 1. The fourth-order valence-electron chi connectivity index (χ4n) is 2.63. The van der Waals surface area contributed by atoms with Gasteiger partial charge in [-0.25, -0.2) is 4.39 Å². The average Bonchev–Trinajstić information content (AvgIpc) is 2.33. The zero-order valence-corrected chi connectivity index (χ0v) is 12.2. The average molecular weight is 264 g/mol. The van der Waals surface area contributed by atoms with E-state index >= 15 is 0 Å². The monoisotopic (exact) mass is 264 g/mol. The maximum absolute atomic E-state index is 13.5. The van der Waals surface area contributed by atoms with Gasteiger partial charge in [-0.3, -0.25) is 0 Å². The highest BCUT2D eigenvalue weighted by Crippen LogP contribution is 2.33. The van der Waals surface area contributed by atoms with E-state index in [0.717, 1.165) is 18.5 Å². The fourth-order valence-corrected chi connectivity index (χ4v) is 2.63. The van der Waals surface area contributed by atoms with Crippen molar-refractivity contribution in [3.8, 4) is 0 Å². The first kappa shape index (κ1) is 14.3. The van der Waals surface area contributed by atoms with Gasteiger partial charge in [0.1, 0.15) is 5.82 Å². The Balaban J connectivity index is 2.21. The minimum absolute atomic E-state index is 0.147. The van der Waals surface area contributed by atoms with Crippen LogP contribution >= 0.6 is 0 Å². The molecule has 1 aliphatic rings. The van der Waals surface area contributed by atoms with Crippen LogP contribution in [0.5, 0.6) is 0 Å². The van der Waals surface area contributed by atoms with Gasteiger partial charge in [-0.05, 0) is 62.9 Å². The molecule has 19 heavy (non-hydrogen) atoms. The second kappa shape index (κ2) is 6.38. The van der Waals surface area contributed by atoms with Gasteiger partial charge in [0.25, 0.3) is 0 Å². The maximum Gasteiger partial charge on any atom is 0.123 e. The van der Waals surface area contributed by atoms with Crippen LogP contribution in [0.25, 0.3) is 0 Å². The summed E-state index contributed by atoms with van der Waals surface area (Å²) in [7, 11) is 2.13. The number of benzene rings is 1. The third kappa shape index (κ3) is 3.27. The Morgan fingerprint density at radius 1 is 1.42 bits per heavy atom. The van der Waals surface area contributed by atoms with Crippen LogP contribution in [0.3, 0.4) is 0 Å². The predicted octanol–water partition coefficient (Wildman–Crippen LogP) is 3.88. The summed E-state index contributed by atoms with van der Waals surface area (Å²) in [5.74, 6) is -0.147. The van der Waals surface area contributed by atoms with Crippen LogP contribution in [0.2, 0.25) is 0 Å². The predicted molar refractivity (Wildman–Crippen MR) is 79.2 cm³/mol. The van der Waals surface area contributed by atoms with E-state index in [4.69, 9.17) is 0 Å². The van der Waals surface area contributed by atoms with Gasteiger partial charge in [-0.15, -0.1) is 0 Å². The summed E-state index contributed by atoms with van der Waals surface area (Å²) >= 11 is 0. The normalized spacial score (nSPS) is 17.1. The molecule has 2 nitrogen and oxygen atoms in total. The summed E-state index contributed by atoms with van der Waals surface area (Å²) in [4.78, 5) is 2.32. The zero-order chi connectivity index (χ0) is 13.8. The highest BCUT2D eigenvalue weighted by atomic mass is 19.1. The Bertz CT molecular complexity index is 415. The van der Waals surface area contributed by atoms with Crippen molar-refractivity contribution in [1.82, 2.24) is 5.32 Å². The quantitative estimate of drug-likeness (QED) is 0.839. The lowest BCUT2D eigenvalue weighted by atomic mass is 9.90. The number of nitrogens with one attached hydrogen (secondary N) is 1. The van der Waals surface area contributed by atoms with Crippen molar-refractivity contribution in [2.45, 2.75) is 51.6 Å². The first-order valence-electron chi connectivity index (χ1n) is 7.39. The van der Waals surface area contributed by atoms with Crippen molar-refractivity contribution < 1.29 is 4.39 Å². The van der Waals surface area contributed by atoms with Gasteiger partial charge in [0.05, 0.1) is 0 Å². The van der Waals surface area contributed by atoms with Crippen molar-refractivity contribution in [3.63, 3.8) is 0 Å². The molecular weight excluding hydrogens is 239 g/mol.